The van der Waals surface area contributed by atoms with Crippen LogP contribution in [-0.4, -0.2) is 47.9 Å². The predicted molar refractivity (Wildman–Crippen MR) is 62.1 cm³/mol. The van der Waals surface area contributed by atoms with Gasteiger partial charge in [0.15, 0.2) is 0 Å². The molecule has 0 aromatic heterocycles. The zero-order chi connectivity index (χ0) is 12.2. The van der Waals surface area contributed by atoms with Gasteiger partial charge < -0.3 is 10.0 Å². The van der Waals surface area contributed by atoms with Gasteiger partial charge in [-0.2, -0.15) is 0 Å². The summed E-state index contributed by atoms with van der Waals surface area (Å²) < 4.78 is 0. The maximum Gasteiger partial charge on any atom is 0.272 e. The molecule has 0 aliphatic heterocycles. The third kappa shape index (κ3) is 3.47. The molecular formula is C11H20N2O2. The van der Waals surface area contributed by atoms with Gasteiger partial charge in [0.05, 0.1) is 6.61 Å². The quantitative estimate of drug-likeness (QED) is 0.705. The Kier molecular flexibility index (Phi) is 4.68. The maximum absolute atomic E-state index is 11.9. The van der Waals surface area contributed by atoms with Crippen LogP contribution >= 0.6 is 0 Å². The molecule has 15 heavy (non-hydrogen) atoms. The van der Waals surface area contributed by atoms with Gasteiger partial charge in [0.2, 0.25) is 0 Å². The van der Waals surface area contributed by atoms with E-state index >= 15 is 0 Å². The van der Waals surface area contributed by atoms with E-state index in [1.807, 2.05) is 20.8 Å². The minimum absolute atomic E-state index is 0.218. The second-order valence-electron chi connectivity index (χ2n) is 4.37. The second kappa shape index (κ2) is 5.07. The third-order valence-corrected chi connectivity index (χ3v) is 2.26. The number of amides is 1. The fourth-order valence-corrected chi connectivity index (χ4v) is 0.943. The molecule has 0 saturated carbocycles. The summed E-state index contributed by atoms with van der Waals surface area (Å²) in [7, 11) is 3.22. The number of hydrogen-bond acceptors (Lipinski definition) is 3. The Hall–Kier alpha value is -1.16. The lowest BCUT2D eigenvalue weighted by Crippen LogP contribution is -2.46. The van der Waals surface area contributed by atoms with Gasteiger partial charge in [-0.15, -0.1) is 0 Å². The molecule has 0 saturated heterocycles. The summed E-state index contributed by atoms with van der Waals surface area (Å²) in [6.45, 7) is 9.14. The van der Waals surface area contributed by atoms with Gasteiger partial charge in [0, 0.05) is 25.2 Å². The molecule has 86 valence electrons. The molecule has 0 spiro atoms. The third-order valence-electron chi connectivity index (χ3n) is 2.26. The highest BCUT2D eigenvalue weighted by atomic mass is 16.3. The molecule has 0 aromatic carbocycles. The number of aliphatic imine (C=N–C) groups is 1. The zero-order valence-electron chi connectivity index (χ0n) is 10.2. The van der Waals surface area contributed by atoms with Crippen LogP contribution in [0.3, 0.4) is 0 Å². The lowest BCUT2D eigenvalue weighted by Gasteiger charge is -2.32. The summed E-state index contributed by atoms with van der Waals surface area (Å²) in [5, 5.41) is 8.92. The van der Waals surface area contributed by atoms with Gasteiger partial charge in [-0.3, -0.25) is 9.79 Å². The van der Waals surface area contributed by atoms with E-state index in [4.69, 9.17) is 5.11 Å². The van der Waals surface area contributed by atoms with E-state index in [9.17, 15) is 4.79 Å². The van der Waals surface area contributed by atoms with E-state index in [2.05, 4.69) is 11.6 Å². The van der Waals surface area contributed by atoms with Crippen LogP contribution in [0.25, 0.3) is 0 Å². The number of nitrogens with zero attached hydrogens (tertiary/aromatic N) is 2. The highest BCUT2D eigenvalue weighted by molar-refractivity contribution is 6.45. The first-order chi connectivity index (χ1) is 6.75. The number of hydrogen-bond donors (Lipinski definition) is 1. The molecule has 0 aliphatic carbocycles. The van der Waals surface area contributed by atoms with Gasteiger partial charge in [0.1, 0.15) is 5.71 Å². The van der Waals surface area contributed by atoms with Crippen LogP contribution in [0.1, 0.15) is 20.8 Å². The fourth-order valence-electron chi connectivity index (χ4n) is 0.943. The fraction of sp³-hybridized carbons (Fsp3) is 0.636. The molecule has 4 nitrogen and oxygen atoms in total. The van der Waals surface area contributed by atoms with E-state index in [0.29, 0.717) is 5.57 Å². The van der Waals surface area contributed by atoms with Crippen LogP contribution in [0.2, 0.25) is 0 Å². The predicted octanol–water partition coefficient (Wildman–Crippen LogP) is 0.863. The van der Waals surface area contributed by atoms with Crippen molar-refractivity contribution in [1.29, 1.82) is 0 Å². The largest absolute Gasteiger partial charge is 0.392 e. The maximum atomic E-state index is 11.9. The van der Waals surface area contributed by atoms with Crippen LogP contribution in [0, 0.1) is 0 Å². The first kappa shape index (κ1) is 13.8. The molecule has 0 heterocycles. The van der Waals surface area contributed by atoms with Gasteiger partial charge in [-0.25, -0.2) is 0 Å². The molecule has 0 aliphatic rings. The number of rotatable bonds is 3. The SMILES string of the molecule is C=C(CO)C(=NC)C(=O)N(C)C(C)(C)C. The Morgan fingerprint density at radius 2 is 1.93 bits per heavy atom. The van der Waals surface area contributed by atoms with Crippen molar-refractivity contribution in [3.8, 4) is 0 Å². The smallest absolute Gasteiger partial charge is 0.272 e. The standard InChI is InChI=1S/C11H20N2O2/c1-8(7-14)9(12-5)10(15)13(6)11(2,3)4/h14H,1,7H2,2-6H3. The monoisotopic (exact) mass is 212 g/mol. The molecular weight excluding hydrogens is 192 g/mol. The summed E-state index contributed by atoms with van der Waals surface area (Å²) in [5.74, 6) is -0.218. The highest BCUT2D eigenvalue weighted by Crippen LogP contribution is 2.12. The molecule has 1 amide bonds. The van der Waals surface area contributed by atoms with Crippen molar-refractivity contribution in [2.45, 2.75) is 26.3 Å². The second-order valence-corrected chi connectivity index (χ2v) is 4.37. The number of aliphatic hydroxyl groups is 1. The normalized spacial score (nSPS) is 12.5. The lowest BCUT2D eigenvalue weighted by atomic mass is 10.0. The Morgan fingerprint density at radius 3 is 2.20 bits per heavy atom. The van der Waals surface area contributed by atoms with Crippen LogP contribution in [0.15, 0.2) is 17.1 Å². The average Bonchev–Trinajstić information content (AvgIpc) is 2.15. The van der Waals surface area contributed by atoms with E-state index in [-0.39, 0.29) is 23.8 Å². The number of aliphatic hydroxyl groups excluding tert-OH is 1. The Morgan fingerprint density at radius 1 is 1.47 bits per heavy atom. The van der Waals surface area contributed by atoms with Crippen molar-refractivity contribution in [2.75, 3.05) is 20.7 Å². The summed E-state index contributed by atoms with van der Waals surface area (Å²) in [4.78, 5) is 17.4. The van der Waals surface area contributed by atoms with Gasteiger partial charge in [0.25, 0.3) is 5.91 Å². The first-order valence-corrected chi connectivity index (χ1v) is 4.79. The first-order valence-electron chi connectivity index (χ1n) is 4.79. The van der Waals surface area contributed by atoms with Crippen LogP contribution in [0.4, 0.5) is 0 Å². The molecule has 0 radical (unpaired) electrons. The summed E-state index contributed by atoms with van der Waals surface area (Å²) in [6.07, 6.45) is 0. The molecule has 0 unspecified atom stereocenters. The zero-order valence-corrected chi connectivity index (χ0v) is 10.2. The van der Waals surface area contributed by atoms with Crippen LogP contribution in [-0.2, 0) is 4.79 Å². The van der Waals surface area contributed by atoms with E-state index in [1.165, 1.54) is 7.05 Å². The van der Waals surface area contributed by atoms with Gasteiger partial charge in [-0.1, -0.05) is 6.58 Å². The Bertz CT molecular complexity index is 287. The Labute approximate surface area is 91.3 Å². The minimum atomic E-state index is -0.275. The van der Waals surface area contributed by atoms with Gasteiger partial charge >= 0.3 is 0 Å². The van der Waals surface area contributed by atoms with Gasteiger partial charge in [-0.05, 0) is 20.8 Å². The number of carbonyl (C=O) groups is 1. The number of carbonyl (C=O) groups excluding carboxylic acids is 1. The lowest BCUT2D eigenvalue weighted by molar-refractivity contribution is -0.126. The van der Waals surface area contributed by atoms with Crippen molar-refractivity contribution in [3.63, 3.8) is 0 Å². The minimum Gasteiger partial charge on any atom is -0.392 e. The Balaban J connectivity index is 4.93. The van der Waals surface area contributed by atoms with Crippen molar-refractivity contribution >= 4 is 11.6 Å². The summed E-state index contributed by atoms with van der Waals surface area (Å²) >= 11 is 0. The summed E-state index contributed by atoms with van der Waals surface area (Å²) in [6, 6.07) is 0. The topological polar surface area (TPSA) is 52.9 Å². The van der Waals surface area contributed by atoms with Crippen molar-refractivity contribution < 1.29 is 9.90 Å². The molecule has 0 rings (SSSR count). The molecule has 0 atom stereocenters. The summed E-state index contributed by atoms with van der Waals surface area (Å²) in [5.41, 5.74) is 0.302. The van der Waals surface area contributed by atoms with Crippen molar-refractivity contribution in [3.05, 3.63) is 12.2 Å². The van der Waals surface area contributed by atoms with Crippen LogP contribution in [0.5, 0.6) is 0 Å². The molecule has 4 heteroatoms. The van der Waals surface area contributed by atoms with Crippen LogP contribution < -0.4 is 0 Å². The molecule has 0 bridgehead atoms. The van der Waals surface area contributed by atoms with Crippen molar-refractivity contribution in [2.24, 2.45) is 4.99 Å². The van der Waals surface area contributed by atoms with E-state index in [1.54, 1.807) is 11.9 Å². The van der Waals surface area contributed by atoms with E-state index < -0.39 is 0 Å². The molecule has 0 fully saturated rings. The van der Waals surface area contributed by atoms with Crippen molar-refractivity contribution in [1.82, 2.24) is 4.90 Å². The molecule has 1 N–H and O–H groups in total. The highest BCUT2D eigenvalue weighted by Gasteiger charge is 2.26. The van der Waals surface area contributed by atoms with E-state index in [0.717, 1.165) is 0 Å². The average molecular weight is 212 g/mol. The molecule has 0 aromatic rings.